The maximum atomic E-state index is 13.2. The number of hydrogen-bond acceptors (Lipinski definition) is 6. The SMILES string of the molecule is O=C(C1=CN(c2ccc(OC(F)(F)F)cc2)c2cc(Cl)ccc2S1(=O)=O)N1CCOCC1. The Balaban J connectivity index is 1.79. The van der Waals surface area contributed by atoms with Gasteiger partial charge in [0.1, 0.15) is 5.75 Å². The number of sulfone groups is 1. The van der Waals surface area contributed by atoms with E-state index in [-0.39, 0.29) is 41.9 Å². The highest BCUT2D eigenvalue weighted by atomic mass is 35.5. The summed E-state index contributed by atoms with van der Waals surface area (Å²) in [7, 11) is -4.17. The number of ether oxygens (including phenoxy) is 2. The predicted octanol–water partition coefficient (Wildman–Crippen LogP) is 3.86. The molecule has 0 atom stereocenters. The summed E-state index contributed by atoms with van der Waals surface area (Å²) in [6.45, 7) is 1.05. The molecule has 0 radical (unpaired) electrons. The van der Waals surface area contributed by atoms with E-state index in [9.17, 15) is 26.4 Å². The van der Waals surface area contributed by atoms with Crippen LogP contribution in [0.1, 0.15) is 0 Å². The van der Waals surface area contributed by atoms with Crippen molar-refractivity contribution in [3.05, 3.63) is 58.6 Å². The van der Waals surface area contributed by atoms with Gasteiger partial charge >= 0.3 is 6.36 Å². The molecule has 2 heterocycles. The first-order chi connectivity index (χ1) is 15.1. The molecule has 0 N–H and O–H groups in total. The van der Waals surface area contributed by atoms with E-state index in [1.54, 1.807) is 0 Å². The van der Waals surface area contributed by atoms with E-state index in [0.717, 1.165) is 18.3 Å². The number of rotatable bonds is 3. The summed E-state index contributed by atoms with van der Waals surface area (Å²) < 4.78 is 72.9. The van der Waals surface area contributed by atoms with Crippen LogP contribution in [0.2, 0.25) is 5.02 Å². The molecular weight excluding hydrogens is 473 g/mol. The standard InChI is InChI=1S/C20H16ClF3N2O5S/c21-13-1-6-17-16(11-13)26(14-2-4-15(5-3-14)31-20(22,23)24)12-18(32(17,28)29)19(27)25-7-9-30-10-8-25/h1-6,11-12H,7-10H2. The molecule has 0 aliphatic carbocycles. The minimum Gasteiger partial charge on any atom is -0.406 e. The van der Waals surface area contributed by atoms with Gasteiger partial charge in [-0.05, 0) is 42.5 Å². The number of alkyl halides is 3. The van der Waals surface area contributed by atoms with E-state index in [1.165, 1.54) is 40.1 Å². The third kappa shape index (κ3) is 4.41. The fraction of sp³-hybridized carbons (Fsp3) is 0.250. The average Bonchev–Trinajstić information content (AvgIpc) is 2.73. The maximum absolute atomic E-state index is 13.2. The Morgan fingerprint density at radius 2 is 1.72 bits per heavy atom. The third-order valence-corrected chi connectivity index (χ3v) is 6.88. The predicted molar refractivity (Wildman–Crippen MR) is 109 cm³/mol. The summed E-state index contributed by atoms with van der Waals surface area (Å²) in [5.41, 5.74) is 0.478. The highest BCUT2D eigenvalue weighted by molar-refractivity contribution is 7.96. The molecule has 12 heteroatoms. The second kappa shape index (κ2) is 8.30. The van der Waals surface area contributed by atoms with Gasteiger partial charge < -0.3 is 19.3 Å². The van der Waals surface area contributed by atoms with Crippen molar-refractivity contribution in [2.75, 3.05) is 31.2 Å². The Morgan fingerprint density at radius 1 is 1.06 bits per heavy atom. The smallest absolute Gasteiger partial charge is 0.406 e. The van der Waals surface area contributed by atoms with E-state index >= 15 is 0 Å². The van der Waals surface area contributed by atoms with Gasteiger partial charge in [0.2, 0.25) is 9.84 Å². The van der Waals surface area contributed by atoms with Gasteiger partial charge in [-0.1, -0.05) is 11.6 Å². The zero-order valence-corrected chi connectivity index (χ0v) is 17.9. The van der Waals surface area contributed by atoms with Gasteiger partial charge in [0, 0.05) is 30.0 Å². The van der Waals surface area contributed by atoms with Crippen molar-refractivity contribution in [3.8, 4) is 5.75 Å². The van der Waals surface area contributed by atoms with E-state index in [1.807, 2.05) is 0 Å². The van der Waals surface area contributed by atoms with Crippen LogP contribution < -0.4 is 9.64 Å². The van der Waals surface area contributed by atoms with Gasteiger partial charge in [0.05, 0.1) is 23.8 Å². The van der Waals surface area contributed by atoms with Crippen LogP contribution in [0.4, 0.5) is 24.5 Å². The fourth-order valence-electron chi connectivity index (χ4n) is 3.40. The first-order valence-corrected chi connectivity index (χ1v) is 11.2. The number of morpholine rings is 1. The molecule has 0 unspecified atom stereocenters. The van der Waals surface area contributed by atoms with Gasteiger partial charge in [-0.25, -0.2) is 8.42 Å². The number of hydrogen-bond donors (Lipinski definition) is 0. The van der Waals surface area contributed by atoms with Crippen molar-refractivity contribution < 1.29 is 35.9 Å². The van der Waals surface area contributed by atoms with Crippen LogP contribution in [0.25, 0.3) is 0 Å². The molecule has 2 aromatic rings. The fourth-order valence-corrected chi connectivity index (χ4v) is 5.08. The quantitative estimate of drug-likeness (QED) is 0.653. The summed E-state index contributed by atoms with van der Waals surface area (Å²) in [6.07, 6.45) is -3.69. The number of carbonyl (C=O) groups is 1. The number of nitrogens with zero attached hydrogens (tertiary/aromatic N) is 2. The Bertz CT molecular complexity index is 1180. The average molecular weight is 489 g/mol. The Labute approximate surface area is 186 Å². The minimum atomic E-state index is -4.85. The first kappa shape index (κ1) is 22.4. The lowest BCUT2D eigenvalue weighted by Crippen LogP contribution is -2.43. The minimum absolute atomic E-state index is 0.142. The topological polar surface area (TPSA) is 76.2 Å². The lowest BCUT2D eigenvalue weighted by Gasteiger charge is -2.32. The second-order valence-electron chi connectivity index (χ2n) is 6.93. The molecule has 0 aromatic heterocycles. The zero-order chi connectivity index (χ0) is 23.1. The number of carbonyl (C=O) groups excluding carboxylic acids is 1. The molecular formula is C20H16ClF3N2O5S. The molecule has 0 bridgehead atoms. The second-order valence-corrected chi connectivity index (χ2v) is 9.25. The molecule has 2 aromatic carbocycles. The highest BCUT2D eigenvalue weighted by Crippen LogP contribution is 2.41. The molecule has 4 rings (SSSR count). The lowest BCUT2D eigenvalue weighted by atomic mass is 10.2. The Kier molecular flexibility index (Phi) is 5.82. The lowest BCUT2D eigenvalue weighted by molar-refractivity contribution is -0.274. The van der Waals surface area contributed by atoms with Crippen molar-refractivity contribution in [2.24, 2.45) is 0 Å². The summed E-state index contributed by atoms with van der Waals surface area (Å²) >= 11 is 6.06. The summed E-state index contributed by atoms with van der Waals surface area (Å²) in [4.78, 5) is 15.2. The maximum Gasteiger partial charge on any atom is 0.573 e. The normalized spacial score (nSPS) is 18.1. The number of fused-ring (bicyclic) bond motifs is 1. The highest BCUT2D eigenvalue weighted by Gasteiger charge is 2.38. The molecule has 2 aliphatic rings. The van der Waals surface area contributed by atoms with Crippen LogP contribution in [0.15, 0.2) is 58.5 Å². The number of halogens is 4. The van der Waals surface area contributed by atoms with Crippen molar-refractivity contribution in [3.63, 3.8) is 0 Å². The van der Waals surface area contributed by atoms with Gasteiger partial charge in [-0.3, -0.25) is 4.79 Å². The Hall–Kier alpha value is -2.76. The largest absolute Gasteiger partial charge is 0.573 e. The van der Waals surface area contributed by atoms with Crippen LogP contribution in [-0.4, -0.2) is 51.9 Å². The number of anilines is 2. The zero-order valence-electron chi connectivity index (χ0n) is 16.3. The number of amides is 1. The van der Waals surface area contributed by atoms with Gasteiger partial charge in [0.25, 0.3) is 5.91 Å². The van der Waals surface area contributed by atoms with E-state index in [4.69, 9.17) is 16.3 Å². The number of benzene rings is 2. The van der Waals surface area contributed by atoms with Crippen molar-refractivity contribution in [1.29, 1.82) is 0 Å². The molecule has 0 saturated carbocycles. The summed E-state index contributed by atoms with van der Waals surface area (Å²) in [6, 6.07) is 8.90. The molecule has 170 valence electrons. The summed E-state index contributed by atoms with van der Waals surface area (Å²) in [5.74, 6) is -1.12. The van der Waals surface area contributed by atoms with E-state index < -0.39 is 32.8 Å². The van der Waals surface area contributed by atoms with Gasteiger partial charge in [-0.15, -0.1) is 13.2 Å². The summed E-state index contributed by atoms with van der Waals surface area (Å²) in [5, 5.41) is 0.248. The van der Waals surface area contributed by atoms with Crippen LogP contribution in [-0.2, 0) is 19.4 Å². The molecule has 1 saturated heterocycles. The van der Waals surface area contributed by atoms with Crippen molar-refractivity contribution >= 4 is 38.7 Å². The first-order valence-electron chi connectivity index (χ1n) is 9.35. The van der Waals surface area contributed by atoms with Crippen LogP contribution in [0.3, 0.4) is 0 Å². The van der Waals surface area contributed by atoms with Gasteiger partial charge in [-0.2, -0.15) is 0 Å². The van der Waals surface area contributed by atoms with Gasteiger partial charge in [0.15, 0.2) is 4.91 Å². The van der Waals surface area contributed by atoms with Crippen molar-refractivity contribution in [1.82, 2.24) is 4.90 Å². The van der Waals surface area contributed by atoms with Crippen molar-refractivity contribution in [2.45, 2.75) is 11.3 Å². The van der Waals surface area contributed by atoms with E-state index in [0.29, 0.717) is 5.69 Å². The molecule has 0 spiro atoms. The van der Waals surface area contributed by atoms with Crippen LogP contribution >= 0.6 is 11.6 Å². The third-order valence-electron chi connectivity index (χ3n) is 4.86. The van der Waals surface area contributed by atoms with Crippen LogP contribution in [0.5, 0.6) is 5.75 Å². The molecule has 2 aliphatic heterocycles. The molecule has 7 nitrogen and oxygen atoms in total. The van der Waals surface area contributed by atoms with E-state index in [2.05, 4.69) is 4.74 Å². The molecule has 1 fully saturated rings. The van der Waals surface area contributed by atoms with Crippen LogP contribution in [0, 0.1) is 0 Å². The molecule has 32 heavy (non-hydrogen) atoms. The molecule has 1 amide bonds. The monoisotopic (exact) mass is 488 g/mol. The Morgan fingerprint density at radius 3 is 2.34 bits per heavy atom.